The van der Waals surface area contributed by atoms with Crippen molar-refractivity contribution >= 4 is 11.6 Å². The van der Waals surface area contributed by atoms with Gasteiger partial charge in [-0.3, -0.25) is 4.79 Å². The van der Waals surface area contributed by atoms with Crippen LogP contribution in [0.15, 0.2) is 41.3 Å². The maximum Gasteiger partial charge on any atom is 0.296 e. The smallest absolute Gasteiger partial charge is 0.296 e. The van der Waals surface area contributed by atoms with Crippen LogP contribution in [0.5, 0.6) is 5.75 Å². The predicted molar refractivity (Wildman–Crippen MR) is 88.1 cm³/mol. The number of benzene rings is 1. The van der Waals surface area contributed by atoms with Crippen molar-refractivity contribution in [3.8, 4) is 22.7 Å². The van der Waals surface area contributed by atoms with Crippen LogP contribution in [-0.2, 0) is 13.5 Å². The van der Waals surface area contributed by atoms with E-state index in [-0.39, 0.29) is 11.4 Å². The van der Waals surface area contributed by atoms with Crippen molar-refractivity contribution in [2.75, 3.05) is 0 Å². The second-order valence-corrected chi connectivity index (χ2v) is 5.54. The number of halogens is 1. The molecule has 0 radical (unpaired) electrons. The number of aromatic nitrogens is 4. The van der Waals surface area contributed by atoms with Crippen LogP contribution in [0.3, 0.4) is 0 Å². The van der Waals surface area contributed by atoms with E-state index < -0.39 is 5.56 Å². The molecule has 0 aliphatic rings. The highest BCUT2D eigenvalue weighted by Crippen LogP contribution is 2.25. The van der Waals surface area contributed by atoms with E-state index >= 15 is 0 Å². The van der Waals surface area contributed by atoms with Crippen molar-refractivity contribution in [3.05, 3.63) is 57.6 Å². The van der Waals surface area contributed by atoms with Crippen molar-refractivity contribution in [1.29, 1.82) is 0 Å². The van der Waals surface area contributed by atoms with E-state index in [0.717, 1.165) is 15.9 Å². The molecule has 1 N–H and O–H groups in total. The van der Waals surface area contributed by atoms with Gasteiger partial charge in [0.1, 0.15) is 0 Å². The standard InChI is InChI=1S/C16H15ClN4O2/c1-3-12-8-13(10-4-6-11(17)7-5-10)19-21(12)15-14(22)9-18-20(2)16(15)23/h4-9,22H,3H2,1-2H3. The van der Waals surface area contributed by atoms with Crippen LogP contribution in [0.2, 0.25) is 5.02 Å². The summed E-state index contributed by atoms with van der Waals surface area (Å²) in [5.74, 6) is -0.200. The minimum atomic E-state index is -0.412. The van der Waals surface area contributed by atoms with Gasteiger partial charge in [0.25, 0.3) is 5.56 Å². The average Bonchev–Trinajstić information content (AvgIpc) is 2.96. The van der Waals surface area contributed by atoms with E-state index in [9.17, 15) is 9.90 Å². The summed E-state index contributed by atoms with van der Waals surface area (Å²) in [5.41, 5.74) is 2.09. The van der Waals surface area contributed by atoms with Gasteiger partial charge in [0.05, 0.1) is 11.9 Å². The number of aromatic hydroxyl groups is 1. The summed E-state index contributed by atoms with van der Waals surface area (Å²) >= 11 is 5.91. The van der Waals surface area contributed by atoms with Crippen molar-refractivity contribution in [2.45, 2.75) is 13.3 Å². The Morgan fingerprint density at radius 1 is 1.26 bits per heavy atom. The number of nitrogens with zero attached hydrogens (tertiary/aromatic N) is 4. The molecular formula is C16H15ClN4O2. The molecule has 0 spiro atoms. The van der Waals surface area contributed by atoms with Crippen LogP contribution < -0.4 is 5.56 Å². The number of aryl methyl sites for hydroxylation is 2. The molecule has 0 fully saturated rings. The highest BCUT2D eigenvalue weighted by molar-refractivity contribution is 6.30. The lowest BCUT2D eigenvalue weighted by Crippen LogP contribution is -2.25. The SMILES string of the molecule is CCc1cc(-c2ccc(Cl)cc2)nn1-c1c(O)cnn(C)c1=O. The van der Waals surface area contributed by atoms with Gasteiger partial charge < -0.3 is 5.11 Å². The highest BCUT2D eigenvalue weighted by atomic mass is 35.5. The Hall–Kier alpha value is -2.60. The monoisotopic (exact) mass is 330 g/mol. The van der Waals surface area contributed by atoms with Crippen LogP contribution >= 0.6 is 11.6 Å². The molecule has 1 aromatic carbocycles. The van der Waals surface area contributed by atoms with Gasteiger partial charge in [-0.2, -0.15) is 10.2 Å². The summed E-state index contributed by atoms with van der Waals surface area (Å²) in [6.45, 7) is 1.96. The maximum absolute atomic E-state index is 12.3. The van der Waals surface area contributed by atoms with E-state index in [4.69, 9.17) is 11.6 Å². The first-order valence-electron chi connectivity index (χ1n) is 7.11. The molecule has 2 heterocycles. The molecule has 0 bridgehead atoms. The largest absolute Gasteiger partial charge is 0.504 e. The fourth-order valence-corrected chi connectivity index (χ4v) is 2.47. The minimum Gasteiger partial charge on any atom is -0.504 e. The number of hydrogen-bond donors (Lipinski definition) is 1. The van der Waals surface area contributed by atoms with Crippen molar-refractivity contribution in [3.63, 3.8) is 0 Å². The molecule has 0 amide bonds. The molecule has 0 saturated heterocycles. The van der Waals surface area contributed by atoms with E-state index in [0.29, 0.717) is 17.1 Å². The van der Waals surface area contributed by atoms with Crippen LogP contribution in [-0.4, -0.2) is 24.7 Å². The zero-order valence-corrected chi connectivity index (χ0v) is 13.4. The molecule has 2 aromatic heterocycles. The van der Waals surface area contributed by atoms with Crippen LogP contribution in [0.1, 0.15) is 12.6 Å². The molecule has 118 valence electrons. The normalized spacial score (nSPS) is 10.9. The van der Waals surface area contributed by atoms with Crippen molar-refractivity contribution in [1.82, 2.24) is 19.6 Å². The molecule has 0 aliphatic heterocycles. The highest BCUT2D eigenvalue weighted by Gasteiger charge is 2.17. The molecule has 3 aromatic rings. The van der Waals surface area contributed by atoms with Crippen LogP contribution in [0.4, 0.5) is 0 Å². The third-order valence-electron chi connectivity index (χ3n) is 3.59. The van der Waals surface area contributed by atoms with Crippen LogP contribution in [0.25, 0.3) is 16.9 Å². The van der Waals surface area contributed by atoms with Gasteiger partial charge in [-0.1, -0.05) is 30.7 Å². The fourth-order valence-electron chi connectivity index (χ4n) is 2.34. The Bertz CT molecular complexity index is 913. The van der Waals surface area contributed by atoms with Gasteiger partial charge >= 0.3 is 0 Å². The minimum absolute atomic E-state index is 0.0968. The summed E-state index contributed by atoms with van der Waals surface area (Å²) in [6.07, 6.45) is 1.89. The lowest BCUT2D eigenvalue weighted by atomic mass is 10.1. The molecule has 0 atom stereocenters. The van der Waals surface area contributed by atoms with E-state index in [1.54, 1.807) is 12.1 Å². The van der Waals surface area contributed by atoms with Gasteiger partial charge in [0.15, 0.2) is 11.4 Å². The second kappa shape index (κ2) is 5.89. The number of hydrogen-bond acceptors (Lipinski definition) is 4. The molecule has 0 unspecified atom stereocenters. The predicted octanol–water partition coefficient (Wildman–Crippen LogP) is 2.55. The summed E-state index contributed by atoms with van der Waals surface area (Å²) in [6, 6.07) is 9.18. The van der Waals surface area contributed by atoms with Crippen molar-refractivity contribution in [2.24, 2.45) is 7.05 Å². The van der Waals surface area contributed by atoms with Gasteiger partial charge in [-0.15, -0.1) is 0 Å². The zero-order chi connectivity index (χ0) is 16.6. The Labute approximate surface area is 137 Å². The maximum atomic E-state index is 12.3. The van der Waals surface area contributed by atoms with Gasteiger partial charge in [0.2, 0.25) is 0 Å². The quantitative estimate of drug-likeness (QED) is 0.801. The van der Waals surface area contributed by atoms with Gasteiger partial charge in [-0.25, -0.2) is 9.36 Å². The Kier molecular flexibility index (Phi) is 3.92. The first-order chi connectivity index (χ1) is 11.0. The molecule has 0 saturated carbocycles. The first kappa shape index (κ1) is 15.3. The lowest BCUT2D eigenvalue weighted by molar-refractivity contribution is 0.457. The summed E-state index contributed by atoms with van der Waals surface area (Å²) < 4.78 is 2.64. The Morgan fingerprint density at radius 3 is 2.61 bits per heavy atom. The molecular weight excluding hydrogens is 316 g/mol. The van der Waals surface area contributed by atoms with Gasteiger partial charge in [-0.05, 0) is 24.6 Å². The first-order valence-corrected chi connectivity index (χ1v) is 7.49. The zero-order valence-electron chi connectivity index (χ0n) is 12.7. The third kappa shape index (κ3) is 2.73. The molecule has 3 rings (SSSR count). The van der Waals surface area contributed by atoms with E-state index in [1.807, 2.05) is 25.1 Å². The van der Waals surface area contributed by atoms with Crippen molar-refractivity contribution < 1.29 is 5.11 Å². The summed E-state index contributed by atoms with van der Waals surface area (Å²) in [7, 11) is 1.53. The average molecular weight is 331 g/mol. The van der Waals surface area contributed by atoms with Crippen LogP contribution in [0, 0.1) is 0 Å². The topological polar surface area (TPSA) is 72.9 Å². The second-order valence-electron chi connectivity index (χ2n) is 5.10. The number of rotatable bonds is 3. The molecule has 23 heavy (non-hydrogen) atoms. The molecule has 7 heteroatoms. The third-order valence-corrected chi connectivity index (χ3v) is 3.84. The van der Waals surface area contributed by atoms with E-state index in [2.05, 4.69) is 10.2 Å². The summed E-state index contributed by atoms with van der Waals surface area (Å²) in [4.78, 5) is 12.3. The Morgan fingerprint density at radius 2 is 1.96 bits per heavy atom. The Balaban J connectivity index is 2.20. The fraction of sp³-hybridized carbons (Fsp3) is 0.188. The lowest BCUT2D eigenvalue weighted by Gasteiger charge is -2.08. The molecule has 0 aliphatic carbocycles. The molecule has 6 nitrogen and oxygen atoms in total. The van der Waals surface area contributed by atoms with E-state index in [1.165, 1.54) is 17.9 Å². The summed E-state index contributed by atoms with van der Waals surface area (Å²) in [5, 5.41) is 19.0. The van der Waals surface area contributed by atoms with Gasteiger partial charge in [0, 0.05) is 23.3 Å².